The van der Waals surface area contributed by atoms with E-state index in [1.807, 2.05) is 5.32 Å². The Hall–Kier alpha value is -0.930. The average molecular weight is 312 g/mol. The number of morpholine rings is 1. The molecule has 1 fully saturated rings. The minimum Gasteiger partial charge on any atom is -0.390 e. The maximum absolute atomic E-state index is 12.7. The molecule has 6 nitrogen and oxygen atoms in total. The van der Waals surface area contributed by atoms with E-state index in [-0.39, 0.29) is 17.4 Å². The van der Waals surface area contributed by atoms with Gasteiger partial charge >= 0.3 is 0 Å². The zero-order valence-corrected chi connectivity index (χ0v) is 11.8. The van der Waals surface area contributed by atoms with E-state index in [0.29, 0.717) is 26.3 Å². The predicted octanol–water partition coefficient (Wildman–Crippen LogP) is -0.678. The van der Waals surface area contributed by atoms with Gasteiger partial charge in [0.15, 0.2) is 0 Å². The summed E-state index contributed by atoms with van der Waals surface area (Å²) < 4.78 is 30.4. The molecular formula is C11H18F2N2O4S. The van der Waals surface area contributed by atoms with Crippen molar-refractivity contribution >= 4 is 23.6 Å². The Balaban J connectivity index is 2.13. The Morgan fingerprint density at radius 3 is 2.55 bits per heavy atom. The van der Waals surface area contributed by atoms with E-state index in [0.717, 1.165) is 11.8 Å². The molecule has 0 spiro atoms. The molecule has 1 heterocycles. The lowest BCUT2D eigenvalue weighted by Gasteiger charge is -2.26. The van der Waals surface area contributed by atoms with Crippen molar-refractivity contribution in [3.8, 4) is 0 Å². The van der Waals surface area contributed by atoms with Crippen LogP contribution < -0.4 is 5.32 Å². The Bertz CT molecular complexity index is 338. The Morgan fingerprint density at radius 2 is 1.95 bits per heavy atom. The van der Waals surface area contributed by atoms with Crippen molar-refractivity contribution in [2.75, 3.05) is 51.0 Å². The number of aliphatic hydroxyl groups is 1. The Labute approximate surface area is 119 Å². The molecule has 0 aromatic carbocycles. The van der Waals surface area contributed by atoms with E-state index in [4.69, 9.17) is 9.84 Å². The highest BCUT2D eigenvalue weighted by Crippen LogP contribution is 2.10. The lowest BCUT2D eigenvalue weighted by Crippen LogP contribution is -2.42. The summed E-state index contributed by atoms with van der Waals surface area (Å²) in [5.41, 5.74) is 0. The zero-order chi connectivity index (χ0) is 15.0. The van der Waals surface area contributed by atoms with Gasteiger partial charge in [-0.25, -0.2) is 8.78 Å². The number of hydrogen-bond acceptors (Lipinski definition) is 5. The van der Waals surface area contributed by atoms with Gasteiger partial charge in [0.25, 0.3) is 5.92 Å². The highest BCUT2D eigenvalue weighted by Gasteiger charge is 2.28. The van der Waals surface area contributed by atoms with E-state index < -0.39 is 25.0 Å². The van der Waals surface area contributed by atoms with Crippen LogP contribution in [-0.2, 0) is 14.3 Å². The minimum atomic E-state index is -3.32. The van der Waals surface area contributed by atoms with Crippen LogP contribution in [0, 0.1) is 0 Å². The summed E-state index contributed by atoms with van der Waals surface area (Å²) in [5.74, 6) is -3.93. The van der Waals surface area contributed by atoms with Gasteiger partial charge in [0.05, 0.1) is 31.3 Å². The minimum absolute atomic E-state index is 0.0718. The van der Waals surface area contributed by atoms with Gasteiger partial charge in [-0.3, -0.25) is 9.59 Å². The lowest BCUT2D eigenvalue weighted by molar-refractivity contribution is -0.132. The van der Waals surface area contributed by atoms with Crippen LogP contribution in [0.2, 0.25) is 0 Å². The third-order valence-electron chi connectivity index (χ3n) is 2.60. The van der Waals surface area contributed by atoms with E-state index >= 15 is 0 Å². The Morgan fingerprint density at radius 1 is 1.30 bits per heavy atom. The van der Waals surface area contributed by atoms with Crippen LogP contribution in [0.4, 0.5) is 8.78 Å². The monoisotopic (exact) mass is 312 g/mol. The molecule has 0 aliphatic carbocycles. The van der Waals surface area contributed by atoms with Crippen molar-refractivity contribution in [3.63, 3.8) is 0 Å². The van der Waals surface area contributed by atoms with Gasteiger partial charge in [0.1, 0.15) is 6.61 Å². The number of amides is 2. The lowest BCUT2D eigenvalue weighted by atomic mass is 10.3. The molecule has 0 unspecified atom stereocenters. The summed E-state index contributed by atoms with van der Waals surface area (Å²) >= 11 is 1.07. The topological polar surface area (TPSA) is 78.9 Å². The molecule has 0 aromatic rings. The molecule has 9 heteroatoms. The Kier molecular flexibility index (Phi) is 7.17. The number of carbonyl (C=O) groups excluding carboxylic acids is 2. The summed E-state index contributed by atoms with van der Waals surface area (Å²) in [4.78, 5) is 24.6. The molecule has 1 aliphatic rings. The SMILES string of the molecule is O=C(CSCC(=O)N1CCOCC1)NCC(F)(F)CO. The van der Waals surface area contributed by atoms with Gasteiger partial charge in [0.2, 0.25) is 11.8 Å². The molecule has 20 heavy (non-hydrogen) atoms. The number of nitrogens with one attached hydrogen (secondary N) is 1. The van der Waals surface area contributed by atoms with Crippen LogP contribution in [0.1, 0.15) is 0 Å². The van der Waals surface area contributed by atoms with Crippen LogP contribution in [0.5, 0.6) is 0 Å². The van der Waals surface area contributed by atoms with Crippen molar-refractivity contribution in [2.45, 2.75) is 5.92 Å². The van der Waals surface area contributed by atoms with Crippen LogP contribution in [0.15, 0.2) is 0 Å². The van der Waals surface area contributed by atoms with E-state index in [9.17, 15) is 18.4 Å². The van der Waals surface area contributed by atoms with E-state index in [1.54, 1.807) is 4.90 Å². The third kappa shape index (κ3) is 6.49. The first-order valence-corrected chi connectivity index (χ1v) is 7.29. The van der Waals surface area contributed by atoms with Gasteiger partial charge in [-0.2, -0.15) is 0 Å². The first-order chi connectivity index (χ1) is 9.44. The molecule has 2 N–H and O–H groups in total. The highest BCUT2D eigenvalue weighted by molar-refractivity contribution is 8.00. The second-order valence-electron chi connectivity index (χ2n) is 4.28. The summed E-state index contributed by atoms with van der Waals surface area (Å²) in [6.45, 7) is -0.126. The molecule has 0 radical (unpaired) electrons. The molecule has 1 saturated heterocycles. The second-order valence-corrected chi connectivity index (χ2v) is 5.26. The van der Waals surface area contributed by atoms with Crippen molar-refractivity contribution < 1.29 is 28.2 Å². The number of hydrogen-bond donors (Lipinski definition) is 2. The van der Waals surface area contributed by atoms with Crippen LogP contribution in [0.3, 0.4) is 0 Å². The molecule has 1 rings (SSSR count). The quantitative estimate of drug-likeness (QED) is 0.651. The second kappa shape index (κ2) is 8.38. The van der Waals surface area contributed by atoms with E-state index in [1.165, 1.54) is 0 Å². The largest absolute Gasteiger partial charge is 0.390 e. The van der Waals surface area contributed by atoms with Crippen LogP contribution in [-0.4, -0.2) is 78.7 Å². The molecule has 0 atom stereocenters. The number of carbonyl (C=O) groups is 2. The summed E-state index contributed by atoms with van der Waals surface area (Å²) in [5, 5.41) is 10.3. The maximum Gasteiger partial charge on any atom is 0.287 e. The standard InChI is InChI=1S/C11H18F2N2O4S/c12-11(13,8-16)7-14-9(17)5-20-6-10(18)15-1-3-19-4-2-15/h16H,1-8H2,(H,14,17). The van der Waals surface area contributed by atoms with Crippen LogP contribution in [0.25, 0.3) is 0 Å². The number of halogens is 2. The maximum atomic E-state index is 12.7. The normalized spacial score (nSPS) is 16.1. The predicted molar refractivity (Wildman–Crippen MR) is 69.8 cm³/mol. The molecule has 0 aromatic heterocycles. The van der Waals surface area contributed by atoms with E-state index in [2.05, 4.69) is 0 Å². The number of aliphatic hydroxyl groups excluding tert-OH is 1. The fourth-order valence-corrected chi connectivity index (χ4v) is 2.22. The number of ether oxygens (including phenoxy) is 1. The first kappa shape index (κ1) is 17.1. The first-order valence-electron chi connectivity index (χ1n) is 6.13. The molecule has 0 bridgehead atoms. The fourth-order valence-electron chi connectivity index (χ4n) is 1.47. The van der Waals surface area contributed by atoms with Crippen molar-refractivity contribution in [1.29, 1.82) is 0 Å². The van der Waals surface area contributed by atoms with Gasteiger partial charge < -0.3 is 20.1 Å². The fraction of sp³-hybridized carbons (Fsp3) is 0.818. The molecule has 116 valence electrons. The van der Waals surface area contributed by atoms with Gasteiger partial charge in [-0.1, -0.05) is 0 Å². The highest BCUT2D eigenvalue weighted by atomic mass is 32.2. The zero-order valence-electron chi connectivity index (χ0n) is 10.9. The van der Waals surface area contributed by atoms with Crippen LogP contribution >= 0.6 is 11.8 Å². The van der Waals surface area contributed by atoms with Gasteiger partial charge in [-0.05, 0) is 0 Å². The van der Waals surface area contributed by atoms with Crippen molar-refractivity contribution in [2.24, 2.45) is 0 Å². The third-order valence-corrected chi connectivity index (χ3v) is 3.52. The van der Waals surface area contributed by atoms with Crippen molar-refractivity contribution in [1.82, 2.24) is 10.2 Å². The number of nitrogens with zero attached hydrogens (tertiary/aromatic N) is 1. The summed E-state index contributed by atoms with van der Waals surface area (Å²) in [7, 11) is 0. The molecular weight excluding hydrogens is 294 g/mol. The molecule has 2 amide bonds. The molecule has 0 saturated carbocycles. The van der Waals surface area contributed by atoms with Gasteiger partial charge in [0, 0.05) is 13.1 Å². The average Bonchev–Trinajstić information content (AvgIpc) is 2.46. The number of alkyl halides is 2. The summed E-state index contributed by atoms with van der Waals surface area (Å²) in [6, 6.07) is 0. The summed E-state index contributed by atoms with van der Waals surface area (Å²) in [6.07, 6.45) is 0. The smallest absolute Gasteiger partial charge is 0.287 e. The molecule has 1 aliphatic heterocycles. The number of rotatable bonds is 7. The number of thioether (sulfide) groups is 1. The van der Waals surface area contributed by atoms with Gasteiger partial charge in [-0.15, -0.1) is 11.8 Å². The van der Waals surface area contributed by atoms with Crippen molar-refractivity contribution in [3.05, 3.63) is 0 Å².